The van der Waals surface area contributed by atoms with Gasteiger partial charge in [0.1, 0.15) is 0 Å². The van der Waals surface area contributed by atoms with Gasteiger partial charge in [0, 0.05) is 50.2 Å². The third-order valence-corrected chi connectivity index (χ3v) is 4.30. The Morgan fingerprint density at radius 1 is 1.17 bits per heavy atom. The zero-order valence-electron chi connectivity index (χ0n) is 16.2. The maximum Gasteiger partial charge on any atom is 0.586 e. The van der Waals surface area contributed by atoms with Crippen molar-refractivity contribution in [3.63, 3.8) is 0 Å². The Hall–Kier alpha value is -3.76. The van der Waals surface area contributed by atoms with Crippen LogP contribution in [0.15, 0.2) is 42.7 Å². The van der Waals surface area contributed by atoms with E-state index in [1.54, 1.807) is 49.4 Å². The van der Waals surface area contributed by atoms with Gasteiger partial charge in [-0.1, -0.05) is 0 Å². The second-order valence-corrected chi connectivity index (χ2v) is 6.71. The number of rotatable bonds is 6. The number of anilines is 2. The highest BCUT2D eigenvalue weighted by Crippen LogP contribution is 2.42. The molecule has 0 atom stereocenters. The Morgan fingerprint density at radius 2 is 1.90 bits per heavy atom. The molecule has 1 aliphatic rings. The Morgan fingerprint density at radius 3 is 2.63 bits per heavy atom. The lowest BCUT2D eigenvalue weighted by molar-refractivity contribution is -0.286. The number of benzene rings is 1. The third kappa shape index (κ3) is 4.14. The molecule has 4 rings (SSSR count). The quantitative estimate of drug-likeness (QED) is 0.660. The number of pyridine rings is 1. The molecule has 1 aliphatic heterocycles. The summed E-state index contributed by atoms with van der Waals surface area (Å²) in [6.45, 7) is 0.316. The first kappa shape index (κ1) is 19.6. The summed E-state index contributed by atoms with van der Waals surface area (Å²) in [5, 5.41) is 7.39. The van der Waals surface area contributed by atoms with Crippen molar-refractivity contribution in [3.05, 3.63) is 42.7 Å². The maximum atomic E-state index is 13.2. The molecule has 0 saturated carbocycles. The van der Waals surface area contributed by atoms with Gasteiger partial charge in [0.2, 0.25) is 11.9 Å². The van der Waals surface area contributed by atoms with Crippen LogP contribution in [0.2, 0.25) is 0 Å². The van der Waals surface area contributed by atoms with Gasteiger partial charge in [0.25, 0.3) is 0 Å². The van der Waals surface area contributed by atoms with Crippen molar-refractivity contribution in [1.82, 2.24) is 24.6 Å². The van der Waals surface area contributed by atoms with Crippen molar-refractivity contribution in [2.75, 3.05) is 19.4 Å². The number of ether oxygens (including phenoxy) is 2. The van der Waals surface area contributed by atoms with Gasteiger partial charge >= 0.3 is 6.29 Å². The molecular formula is C19H18F2N6O3. The molecule has 1 N–H and O–H groups in total. The van der Waals surface area contributed by atoms with Crippen LogP contribution in [-0.2, 0) is 11.3 Å². The van der Waals surface area contributed by atoms with Gasteiger partial charge in [-0.3, -0.25) is 9.78 Å². The number of nitrogens with one attached hydrogen (secondary N) is 1. The number of halogens is 2. The number of amides is 1. The van der Waals surface area contributed by atoms with Crippen molar-refractivity contribution < 1.29 is 23.0 Å². The maximum absolute atomic E-state index is 13.2. The molecule has 1 aromatic carbocycles. The predicted octanol–water partition coefficient (Wildman–Crippen LogP) is 2.88. The predicted molar refractivity (Wildman–Crippen MR) is 102 cm³/mol. The Balaban J connectivity index is 1.59. The molecule has 3 heterocycles. The number of hydrogen-bond donors (Lipinski definition) is 1. The van der Waals surface area contributed by atoms with E-state index in [0.717, 1.165) is 5.56 Å². The average molecular weight is 416 g/mol. The summed E-state index contributed by atoms with van der Waals surface area (Å²) in [5.74, 6) is 0.597. The van der Waals surface area contributed by atoms with E-state index in [0.29, 0.717) is 18.1 Å². The molecule has 0 saturated heterocycles. The summed E-state index contributed by atoms with van der Waals surface area (Å²) in [6, 6.07) is 7.85. The number of carbonyl (C=O) groups is 1. The summed E-state index contributed by atoms with van der Waals surface area (Å²) >= 11 is 0. The fraction of sp³-hybridized carbons (Fsp3) is 0.263. The largest absolute Gasteiger partial charge is 0.586 e. The van der Waals surface area contributed by atoms with Crippen molar-refractivity contribution in [3.8, 4) is 22.9 Å². The molecule has 9 nitrogen and oxygen atoms in total. The van der Waals surface area contributed by atoms with E-state index in [4.69, 9.17) is 0 Å². The normalized spacial score (nSPS) is 13.9. The number of alkyl halides is 2. The number of aryl methyl sites for hydroxylation is 1. The van der Waals surface area contributed by atoms with E-state index in [1.165, 1.54) is 17.0 Å². The first-order valence-electron chi connectivity index (χ1n) is 9.03. The molecule has 0 radical (unpaired) electrons. The van der Waals surface area contributed by atoms with Crippen LogP contribution >= 0.6 is 0 Å². The second kappa shape index (κ2) is 7.58. The molecule has 2 aromatic heterocycles. The molecule has 156 valence electrons. The van der Waals surface area contributed by atoms with Gasteiger partial charge < -0.3 is 19.7 Å². The summed E-state index contributed by atoms with van der Waals surface area (Å²) in [5.41, 5.74) is 1.21. The van der Waals surface area contributed by atoms with Gasteiger partial charge in [-0.25, -0.2) is 4.68 Å². The Kier molecular flexibility index (Phi) is 4.94. The van der Waals surface area contributed by atoms with E-state index < -0.39 is 6.29 Å². The van der Waals surface area contributed by atoms with E-state index in [-0.39, 0.29) is 29.8 Å². The van der Waals surface area contributed by atoms with Gasteiger partial charge in [0.15, 0.2) is 17.3 Å². The minimum absolute atomic E-state index is 0.0441. The number of hydrogen-bond acceptors (Lipinski definition) is 7. The van der Waals surface area contributed by atoms with Crippen LogP contribution in [0.1, 0.15) is 6.42 Å². The summed E-state index contributed by atoms with van der Waals surface area (Å²) < 4.78 is 36.9. The van der Waals surface area contributed by atoms with Crippen LogP contribution in [0, 0.1) is 0 Å². The fourth-order valence-electron chi connectivity index (χ4n) is 2.85. The Bertz CT molecular complexity index is 1070. The molecule has 0 spiro atoms. The highest BCUT2D eigenvalue weighted by Gasteiger charge is 2.43. The second-order valence-electron chi connectivity index (χ2n) is 6.71. The Labute approximate surface area is 170 Å². The average Bonchev–Trinajstić information content (AvgIpc) is 3.25. The summed E-state index contributed by atoms with van der Waals surface area (Å²) in [6.07, 6.45) is -0.184. The number of nitrogens with zero attached hydrogens (tertiary/aromatic N) is 5. The molecule has 11 heteroatoms. The zero-order chi connectivity index (χ0) is 21.3. The number of fused-ring (bicyclic) bond motifs is 1. The molecule has 0 bridgehead atoms. The minimum Gasteiger partial charge on any atom is -0.395 e. The van der Waals surface area contributed by atoms with Gasteiger partial charge in [-0.15, -0.1) is 13.9 Å². The highest BCUT2D eigenvalue weighted by atomic mass is 19.3. The van der Waals surface area contributed by atoms with Gasteiger partial charge in [0.05, 0.1) is 6.54 Å². The van der Waals surface area contributed by atoms with Crippen LogP contribution in [0.3, 0.4) is 0 Å². The van der Waals surface area contributed by atoms with Crippen molar-refractivity contribution in [2.24, 2.45) is 0 Å². The molecule has 0 aliphatic carbocycles. The van der Waals surface area contributed by atoms with Gasteiger partial charge in [-0.2, -0.15) is 4.98 Å². The standard InChI is InChI=1S/C19H18F2N6O3/c1-26(2)16(28)7-10-27-17(12-5-8-22-9-6-12)24-18(25-27)23-13-3-4-14-15(11-13)30-19(20,21)29-14/h3-6,8-9,11H,7,10H2,1-2H3,(H,23,25). The minimum atomic E-state index is -3.69. The highest BCUT2D eigenvalue weighted by molar-refractivity contribution is 5.75. The molecule has 30 heavy (non-hydrogen) atoms. The number of aromatic nitrogens is 4. The van der Waals surface area contributed by atoms with E-state index >= 15 is 0 Å². The van der Waals surface area contributed by atoms with Crippen LogP contribution in [0.4, 0.5) is 20.4 Å². The molecule has 0 unspecified atom stereocenters. The van der Waals surface area contributed by atoms with Crippen LogP contribution < -0.4 is 14.8 Å². The van der Waals surface area contributed by atoms with E-state index in [2.05, 4.69) is 29.9 Å². The smallest absolute Gasteiger partial charge is 0.395 e. The van der Waals surface area contributed by atoms with Crippen molar-refractivity contribution >= 4 is 17.5 Å². The first-order valence-corrected chi connectivity index (χ1v) is 9.03. The molecule has 3 aromatic rings. The van der Waals surface area contributed by atoms with Crippen LogP contribution in [0.5, 0.6) is 11.5 Å². The lowest BCUT2D eigenvalue weighted by Crippen LogP contribution is -2.25. The fourth-order valence-corrected chi connectivity index (χ4v) is 2.85. The lowest BCUT2D eigenvalue weighted by Gasteiger charge is -2.10. The molecule has 1 amide bonds. The van der Waals surface area contributed by atoms with E-state index in [9.17, 15) is 13.6 Å². The van der Waals surface area contributed by atoms with Crippen LogP contribution in [0.25, 0.3) is 11.4 Å². The first-order chi connectivity index (χ1) is 14.3. The summed E-state index contributed by atoms with van der Waals surface area (Å²) in [4.78, 5) is 22.0. The zero-order valence-corrected chi connectivity index (χ0v) is 16.2. The monoisotopic (exact) mass is 416 g/mol. The topological polar surface area (TPSA) is 94.4 Å². The molecular weight excluding hydrogens is 398 g/mol. The summed E-state index contributed by atoms with van der Waals surface area (Å²) in [7, 11) is 3.37. The van der Waals surface area contributed by atoms with Gasteiger partial charge in [-0.05, 0) is 24.3 Å². The van der Waals surface area contributed by atoms with Crippen molar-refractivity contribution in [1.29, 1.82) is 0 Å². The lowest BCUT2D eigenvalue weighted by atomic mass is 10.2. The SMILES string of the molecule is CN(C)C(=O)CCn1nc(Nc2ccc3c(c2)OC(F)(F)O3)nc1-c1ccncc1. The third-order valence-electron chi connectivity index (χ3n) is 4.30. The van der Waals surface area contributed by atoms with Crippen LogP contribution in [-0.4, -0.2) is 50.9 Å². The number of carbonyl (C=O) groups excluding carboxylic acids is 1. The van der Waals surface area contributed by atoms with Crippen molar-refractivity contribution in [2.45, 2.75) is 19.3 Å². The molecule has 0 fully saturated rings. The van der Waals surface area contributed by atoms with E-state index in [1.807, 2.05) is 0 Å².